The van der Waals surface area contributed by atoms with Crippen LogP contribution in [0.15, 0.2) is 42.7 Å². The van der Waals surface area contributed by atoms with Crippen LogP contribution >= 0.6 is 0 Å². The van der Waals surface area contributed by atoms with Gasteiger partial charge in [-0.15, -0.1) is 0 Å². The molecule has 21 heavy (non-hydrogen) atoms. The number of hydrogen-bond donors (Lipinski definition) is 2. The second-order valence-electron chi connectivity index (χ2n) is 4.54. The highest BCUT2D eigenvalue weighted by Crippen LogP contribution is 2.09. The van der Waals surface area contributed by atoms with Crippen molar-refractivity contribution in [3.05, 3.63) is 65.0 Å². The quantitative estimate of drug-likeness (QED) is 0.839. The maximum atomic E-state index is 12.3. The van der Waals surface area contributed by atoms with E-state index in [4.69, 9.17) is 5.73 Å². The van der Waals surface area contributed by atoms with E-state index in [1.54, 1.807) is 18.5 Å². The molecule has 4 nitrogen and oxygen atoms in total. The number of nitrogens with zero attached hydrogens (tertiary/aromatic N) is 1. The van der Waals surface area contributed by atoms with Gasteiger partial charge in [0.2, 0.25) is 0 Å². The lowest BCUT2D eigenvalue weighted by atomic mass is 10.1. The van der Waals surface area contributed by atoms with E-state index in [0.717, 1.165) is 11.1 Å². The van der Waals surface area contributed by atoms with Gasteiger partial charge in [0.05, 0.1) is 17.7 Å². The summed E-state index contributed by atoms with van der Waals surface area (Å²) in [5.74, 6) is 5.44. The van der Waals surface area contributed by atoms with Crippen molar-refractivity contribution >= 4 is 5.91 Å². The van der Waals surface area contributed by atoms with Gasteiger partial charge in [0, 0.05) is 18.9 Å². The minimum atomic E-state index is -0.165. The number of hydrogen-bond acceptors (Lipinski definition) is 3. The summed E-state index contributed by atoms with van der Waals surface area (Å²) in [5, 5.41) is 2.91. The fourth-order valence-electron chi connectivity index (χ4n) is 1.92. The Balaban J connectivity index is 2.12. The van der Waals surface area contributed by atoms with Crippen LogP contribution in [0.5, 0.6) is 0 Å². The number of pyridine rings is 1. The molecule has 0 aliphatic heterocycles. The Hall–Kier alpha value is -2.64. The fourth-order valence-corrected chi connectivity index (χ4v) is 1.92. The lowest BCUT2D eigenvalue weighted by Gasteiger charge is -2.08. The number of carbonyl (C=O) groups is 1. The first-order valence-electron chi connectivity index (χ1n) is 6.68. The monoisotopic (exact) mass is 279 g/mol. The molecule has 3 N–H and O–H groups in total. The van der Waals surface area contributed by atoms with Crippen molar-refractivity contribution < 1.29 is 4.79 Å². The maximum Gasteiger partial charge on any atom is 0.252 e. The Morgan fingerprint density at radius 3 is 2.90 bits per heavy atom. The Labute approximate surface area is 124 Å². The summed E-state index contributed by atoms with van der Waals surface area (Å²) in [6, 6.07) is 9.61. The van der Waals surface area contributed by atoms with Gasteiger partial charge < -0.3 is 11.1 Å². The molecule has 0 bridgehead atoms. The molecule has 0 atom stereocenters. The van der Waals surface area contributed by atoms with Crippen molar-refractivity contribution in [1.82, 2.24) is 10.3 Å². The standard InChI is InChI=1S/C17H17N3O/c1-13-5-2-3-6-14(13)12-20-17(21)16-8-10-19-11-15(16)7-4-9-18/h2-3,5-6,8,10-11H,9,12,18H2,1H3,(H,20,21). The first-order chi connectivity index (χ1) is 10.2. The third-order valence-corrected chi connectivity index (χ3v) is 3.09. The normalized spacial score (nSPS) is 9.62. The van der Waals surface area contributed by atoms with E-state index >= 15 is 0 Å². The average Bonchev–Trinajstić information content (AvgIpc) is 2.52. The molecule has 0 spiro atoms. The lowest BCUT2D eigenvalue weighted by molar-refractivity contribution is 0.0950. The number of nitrogens with one attached hydrogen (secondary N) is 1. The van der Waals surface area contributed by atoms with Gasteiger partial charge in [-0.1, -0.05) is 36.1 Å². The van der Waals surface area contributed by atoms with Crippen molar-refractivity contribution in [3.63, 3.8) is 0 Å². The molecular weight excluding hydrogens is 262 g/mol. The van der Waals surface area contributed by atoms with Crippen LogP contribution in [0.25, 0.3) is 0 Å². The number of aryl methyl sites for hydroxylation is 1. The number of aromatic nitrogens is 1. The van der Waals surface area contributed by atoms with Gasteiger partial charge >= 0.3 is 0 Å². The Morgan fingerprint density at radius 1 is 1.33 bits per heavy atom. The molecule has 2 rings (SSSR count). The van der Waals surface area contributed by atoms with Gasteiger partial charge in [0.25, 0.3) is 5.91 Å². The average molecular weight is 279 g/mol. The summed E-state index contributed by atoms with van der Waals surface area (Å²) in [4.78, 5) is 16.3. The first kappa shape index (κ1) is 14.8. The lowest BCUT2D eigenvalue weighted by Crippen LogP contribution is -2.24. The maximum absolute atomic E-state index is 12.3. The van der Waals surface area contributed by atoms with Gasteiger partial charge in [-0.05, 0) is 24.1 Å². The fraction of sp³-hybridized carbons (Fsp3) is 0.176. The zero-order valence-corrected chi connectivity index (χ0v) is 11.9. The molecular formula is C17H17N3O. The van der Waals surface area contributed by atoms with Crippen molar-refractivity contribution in [1.29, 1.82) is 0 Å². The highest BCUT2D eigenvalue weighted by atomic mass is 16.1. The molecule has 1 aromatic carbocycles. The van der Waals surface area contributed by atoms with Gasteiger partial charge in [0.1, 0.15) is 0 Å². The minimum Gasteiger partial charge on any atom is -0.348 e. The molecule has 0 saturated heterocycles. The zero-order chi connectivity index (χ0) is 15.1. The smallest absolute Gasteiger partial charge is 0.252 e. The van der Waals surface area contributed by atoms with E-state index < -0.39 is 0 Å². The molecule has 0 aliphatic carbocycles. The highest BCUT2D eigenvalue weighted by molar-refractivity contribution is 5.96. The van der Waals surface area contributed by atoms with Gasteiger partial charge in [-0.3, -0.25) is 9.78 Å². The zero-order valence-electron chi connectivity index (χ0n) is 11.9. The van der Waals surface area contributed by atoms with Crippen molar-refractivity contribution in [2.24, 2.45) is 5.73 Å². The van der Waals surface area contributed by atoms with E-state index in [2.05, 4.69) is 22.1 Å². The van der Waals surface area contributed by atoms with Crippen molar-refractivity contribution in [3.8, 4) is 11.8 Å². The van der Waals surface area contributed by atoms with E-state index in [1.807, 2.05) is 31.2 Å². The molecule has 4 heteroatoms. The predicted octanol–water partition coefficient (Wildman–Crippen LogP) is 1.63. The molecule has 0 unspecified atom stereocenters. The van der Waals surface area contributed by atoms with E-state index in [1.165, 1.54) is 0 Å². The van der Waals surface area contributed by atoms with Crippen LogP contribution in [0.2, 0.25) is 0 Å². The minimum absolute atomic E-state index is 0.165. The first-order valence-corrected chi connectivity index (χ1v) is 6.68. The number of carbonyl (C=O) groups excluding carboxylic acids is 1. The van der Waals surface area contributed by atoms with Crippen LogP contribution in [-0.2, 0) is 6.54 Å². The Morgan fingerprint density at radius 2 is 2.14 bits per heavy atom. The molecule has 1 aromatic heterocycles. The molecule has 0 radical (unpaired) electrons. The third-order valence-electron chi connectivity index (χ3n) is 3.09. The Kier molecular flexibility index (Phi) is 5.08. The molecule has 0 fully saturated rings. The largest absolute Gasteiger partial charge is 0.348 e. The van der Waals surface area contributed by atoms with E-state index in [-0.39, 0.29) is 12.5 Å². The summed E-state index contributed by atoms with van der Waals surface area (Å²) in [6.45, 7) is 2.75. The summed E-state index contributed by atoms with van der Waals surface area (Å²) < 4.78 is 0. The van der Waals surface area contributed by atoms with Crippen molar-refractivity contribution in [2.75, 3.05) is 6.54 Å². The molecule has 0 aliphatic rings. The van der Waals surface area contributed by atoms with Gasteiger partial charge in [-0.25, -0.2) is 0 Å². The highest BCUT2D eigenvalue weighted by Gasteiger charge is 2.10. The predicted molar refractivity (Wildman–Crippen MR) is 82.5 cm³/mol. The molecule has 106 valence electrons. The number of nitrogens with two attached hydrogens (primary N) is 1. The molecule has 2 aromatic rings. The summed E-state index contributed by atoms with van der Waals surface area (Å²) in [6.07, 6.45) is 3.15. The van der Waals surface area contributed by atoms with Crippen LogP contribution in [0.3, 0.4) is 0 Å². The second-order valence-corrected chi connectivity index (χ2v) is 4.54. The third kappa shape index (κ3) is 3.91. The summed E-state index contributed by atoms with van der Waals surface area (Å²) in [7, 11) is 0. The number of rotatable bonds is 3. The van der Waals surface area contributed by atoms with Crippen LogP contribution in [0.4, 0.5) is 0 Å². The number of benzene rings is 1. The van der Waals surface area contributed by atoms with Gasteiger partial charge in [-0.2, -0.15) is 0 Å². The summed E-state index contributed by atoms with van der Waals surface area (Å²) >= 11 is 0. The van der Waals surface area contributed by atoms with E-state index in [0.29, 0.717) is 17.7 Å². The van der Waals surface area contributed by atoms with Crippen molar-refractivity contribution in [2.45, 2.75) is 13.5 Å². The summed E-state index contributed by atoms with van der Waals surface area (Å²) in [5.41, 5.74) is 8.70. The second kappa shape index (κ2) is 7.22. The van der Waals surface area contributed by atoms with Crippen LogP contribution < -0.4 is 11.1 Å². The SMILES string of the molecule is Cc1ccccc1CNC(=O)c1ccncc1C#CCN. The van der Waals surface area contributed by atoms with Gasteiger partial charge in [0.15, 0.2) is 0 Å². The van der Waals surface area contributed by atoms with E-state index in [9.17, 15) is 4.79 Å². The molecule has 1 amide bonds. The van der Waals surface area contributed by atoms with Crippen LogP contribution in [-0.4, -0.2) is 17.4 Å². The molecule has 1 heterocycles. The van der Waals surface area contributed by atoms with Crippen LogP contribution in [0.1, 0.15) is 27.0 Å². The number of amides is 1. The molecule has 0 saturated carbocycles. The Bertz CT molecular complexity index is 698. The van der Waals surface area contributed by atoms with Crippen LogP contribution in [0, 0.1) is 18.8 Å². The topological polar surface area (TPSA) is 68.0 Å².